The molecule has 5 aromatic carbocycles. The zero-order chi connectivity index (χ0) is 25.7. The largest absolute Gasteiger partial charge is 0.192 e. The Hall–Kier alpha value is -5.18. The Morgan fingerprint density at radius 2 is 0.921 bits per heavy atom. The van der Waals surface area contributed by atoms with Crippen molar-refractivity contribution in [2.24, 2.45) is 0 Å². The first-order chi connectivity index (χ1) is 18.8. The molecule has 0 fully saturated rings. The van der Waals surface area contributed by atoms with Crippen molar-refractivity contribution in [1.29, 1.82) is 10.5 Å². The summed E-state index contributed by atoms with van der Waals surface area (Å²) in [6, 6.07) is 49.2. The van der Waals surface area contributed by atoms with E-state index in [1.165, 1.54) is 27.8 Å². The molecule has 5 aromatic rings. The molecule has 0 radical (unpaired) electrons. The van der Waals surface area contributed by atoms with E-state index in [9.17, 15) is 10.5 Å². The molecule has 0 bridgehead atoms. The van der Waals surface area contributed by atoms with E-state index in [2.05, 4.69) is 127 Å². The summed E-state index contributed by atoms with van der Waals surface area (Å²) in [7, 11) is 0. The minimum atomic E-state index is -0.592. The van der Waals surface area contributed by atoms with E-state index in [0.29, 0.717) is 5.57 Å². The molecule has 0 saturated heterocycles. The van der Waals surface area contributed by atoms with Crippen LogP contribution in [-0.2, 0) is 5.41 Å². The maximum Gasteiger partial charge on any atom is 0.138 e. The molecule has 7 rings (SSSR count). The van der Waals surface area contributed by atoms with Crippen LogP contribution in [0.2, 0.25) is 0 Å². The number of hydrogen-bond donors (Lipinski definition) is 0. The molecule has 2 aliphatic rings. The molecular formula is C36H22N2. The van der Waals surface area contributed by atoms with E-state index < -0.39 is 5.41 Å². The summed E-state index contributed by atoms with van der Waals surface area (Å²) in [5.74, 6) is 0.0965. The van der Waals surface area contributed by atoms with Gasteiger partial charge in [-0.25, -0.2) is 0 Å². The number of hydrogen-bond acceptors (Lipinski definition) is 2. The third-order valence-corrected chi connectivity index (χ3v) is 8.16. The van der Waals surface area contributed by atoms with Crippen LogP contribution in [0.15, 0.2) is 133 Å². The molecule has 0 N–H and O–H groups in total. The van der Waals surface area contributed by atoms with Crippen molar-refractivity contribution in [2.75, 3.05) is 0 Å². The van der Waals surface area contributed by atoms with Gasteiger partial charge in [-0.2, -0.15) is 10.5 Å². The fourth-order valence-electron chi connectivity index (χ4n) is 6.83. The molecule has 2 nitrogen and oxygen atoms in total. The SMILES string of the molecule is N#CC(C#N)=C1c2ccccc2C2(c3ccccc31)c1ccccc1C(c1ccccc1)c1ccccc12. The molecule has 0 aliphatic heterocycles. The van der Waals surface area contributed by atoms with Gasteiger partial charge in [-0.3, -0.25) is 0 Å². The van der Waals surface area contributed by atoms with E-state index in [0.717, 1.165) is 22.3 Å². The lowest BCUT2D eigenvalue weighted by molar-refractivity contribution is 0.672. The smallest absolute Gasteiger partial charge is 0.138 e. The van der Waals surface area contributed by atoms with Crippen LogP contribution in [-0.4, -0.2) is 0 Å². The average Bonchev–Trinajstić information content (AvgIpc) is 2.99. The van der Waals surface area contributed by atoms with Gasteiger partial charge in [-0.15, -0.1) is 0 Å². The zero-order valence-electron chi connectivity index (χ0n) is 20.6. The average molecular weight is 483 g/mol. The normalized spacial score (nSPS) is 18.3. The van der Waals surface area contributed by atoms with Gasteiger partial charge in [0.1, 0.15) is 17.7 Å². The van der Waals surface area contributed by atoms with Crippen molar-refractivity contribution in [3.63, 3.8) is 0 Å². The highest BCUT2D eigenvalue weighted by Crippen LogP contribution is 2.60. The van der Waals surface area contributed by atoms with Gasteiger partial charge >= 0.3 is 0 Å². The van der Waals surface area contributed by atoms with Crippen LogP contribution in [0.5, 0.6) is 0 Å². The maximum absolute atomic E-state index is 9.98. The number of fused-ring (bicyclic) bond motifs is 8. The van der Waals surface area contributed by atoms with Crippen LogP contribution in [0, 0.1) is 22.7 Å². The lowest BCUT2D eigenvalue weighted by Crippen LogP contribution is -2.41. The first-order valence-corrected chi connectivity index (χ1v) is 12.8. The molecule has 0 heterocycles. The fourth-order valence-corrected chi connectivity index (χ4v) is 6.83. The van der Waals surface area contributed by atoms with Crippen LogP contribution in [0.4, 0.5) is 0 Å². The predicted octanol–water partition coefficient (Wildman–Crippen LogP) is 7.73. The molecule has 176 valence electrons. The van der Waals surface area contributed by atoms with Gasteiger partial charge in [-0.05, 0) is 50.1 Å². The van der Waals surface area contributed by atoms with Crippen molar-refractivity contribution in [1.82, 2.24) is 0 Å². The second-order valence-electron chi connectivity index (χ2n) is 9.83. The Balaban J connectivity index is 1.70. The highest BCUT2D eigenvalue weighted by atomic mass is 14.5. The predicted molar refractivity (Wildman–Crippen MR) is 149 cm³/mol. The van der Waals surface area contributed by atoms with Gasteiger partial charge in [0.05, 0.1) is 5.41 Å². The van der Waals surface area contributed by atoms with Gasteiger partial charge in [0, 0.05) is 11.5 Å². The van der Waals surface area contributed by atoms with Gasteiger partial charge in [0.15, 0.2) is 0 Å². The molecule has 0 saturated carbocycles. The van der Waals surface area contributed by atoms with Crippen molar-refractivity contribution in [3.05, 3.63) is 183 Å². The van der Waals surface area contributed by atoms with Crippen molar-refractivity contribution in [3.8, 4) is 12.1 Å². The molecular weight excluding hydrogens is 460 g/mol. The first kappa shape index (κ1) is 22.1. The molecule has 0 aromatic heterocycles. The summed E-state index contributed by atoms with van der Waals surface area (Å²) in [6.45, 7) is 0. The molecule has 2 aliphatic carbocycles. The molecule has 2 heteroatoms. The van der Waals surface area contributed by atoms with E-state index >= 15 is 0 Å². The molecule has 38 heavy (non-hydrogen) atoms. The topological polar surface area (TPSA) is 47.6 Å². The van der Waals surface area contributed by atoms with E-state index in [4.69, 9.17) is 0 Å². The Morgan fingerprint density at radius 1 is 0.500 bits per heavy atom. The summed E-state index contributed by atoms with van der Waals surface area (Å²) in [5.41, 5.74) is 10.6. The van der Waals surface area contributed by atoms with Crippen molar-refractivity contribution >= 4 is 5.57 Å². The third kappa shape index (κ3) is 2.81. The summed E-state index contributed by atoms with van der Waals surface area (Å²) in [5, 5.41) is 20.0. The van der Waals surface area contributed by atoms with Gasteiger partial charge in [-0.1, -0.05) is 127 Å². The Labute approximate surface area is 222 Å². The molecule has 0 unspecified atom stereocenters. The first-order valence-electron chi connectivity index (χ1n) is 12.8. The lowest BCUT2D eigenvalue weighted by Gasteiger charge is -2.48. The van der Waals surface area contributed by atoms with Crippen molar-refractivity contribution < 1.29 is 0 Å². The third-order valence-electron chi connectivity index (χ3n) is 8.16. The quantitative estimate of drug-likeness (QED) is 0.225. The maximum atomic E-state index is 9.98. The minimum Gasteiger partial charge on any atom is -0.192 e. The van der Waals surface area contributed by atoms with Crippen molar-refractivity contribution in [2.45, 2.75) is 11.3 Å². The van der Waals surface area contributed by atoms with E-state index in [1.807, 2.05) is 12.1 Å². The summed E-state index contributed by atoms with van der Waals surface area (Å²) in [4.78, 5) is 0. The fraction of sp³-hybridized carbons (Fsp3) is 0.0556. The number of nitriles is 2. The van der Waals surface area contributed by atoms with Crippen LogP contribution in [0.3, 0.4) is 0 Å². The van der Waals surface area contributed by atoms with Crippen LogP contribution < -0.4 is 0 Å². The molecule has 1 spiro atoms. The van der Waals surface area contributed by atoms with E-state index in [-0.39, 0.29) is 11.5 Å². The zero-order valence-corrected chi connectivity index (χ0v) is 20.6. The van der Waals surface area contributed by atoms with E-state index in [1.54, 1.807) is 0 Å². The highest BCUT2D eigenvalue weighted by Gasteiger charge is 2.51. The second-order valence-corrected chi connectivity index (χ2v) is 9.83. The Kier molecular flexibility index (Phi) is 4.90. The van der Waals surface area contributed by atoms with Crippen LogP contribution >= 0.6 is 0 Å². The number of allylic oxidation sites excluding steroid dienone is 1. The monoisotopic (exact) mass is 482 g/mol. The minimum absolute atomic E-state index is 0.0965. The summed E-state index contributed by atoms with van der Waals surface area (Å²) >= 11 is 0. The van der Waals surface area contributed by atoms with Crippen LogP contribution in [0.1, 0.15) is 56.0 Å². The standard InChI is InChI=1S/C36H22N2/c37-22-25(23-38)35-28-16-6-10-20-32(28)36(33-21-11-7-17-29(33)35)30-18-8-4-14-26(30)34(24-12-2-1-3-13-24)27-15-5-9-19-31(27)36/h1-21,34H. The molecule has 0 amide bonds. The number of nitrogens with zero attached hydrogens (tertiary/aromatic N) is 2. The number of benzene rings is 5. The van der Waals surface area contributed by atoms with Gasteiger partial charge < -0.3 is 0 Å². The summed E-state index contributed by atoms with van der Waals surface area (Å²) < 4.78 is 0. The van der Waals surface area contributed by atoms with Gasteiger partial charge in [0.25, 0.3) is 0 Å². The number of rotatable bonds is 1. The highest BCUT2D eigenvalue weighted by molar-refractivity contribution is 5.95. The van der Waals surface area contributed by atoms with Gasteiger partial charge in [0.2, 0.25) is 0 Å². The summed E-state index contributed by atoms with van der Waals surface area (Å²) in [6.07, 6.45) is 0. The Morgan fingerprint density at radius 3 is 1.42 bits per heavy atom. The second kappa shape index (κ2) is 8.45. The Bertz CT molecular complexity index is 1730. The lowest BCUT2D eigenvalue weighted by atomic mass is 9.53. The van der Waals surface area contributed by atoms with Crippen LogP contribution in [0.25, 0.3) is 5.57 Å². The molecule has 0 atom stereocenters.